The summed E-state index contributed by atoms with van der Waals surface area (Å²) >= 11 is 6.65. The van der Waals surface area contributed by atoms with E-state index in [4.69, 9.17) is 21.1 Å². The third-order valence-electron chi connectivity index (χ3n) is 5.94. The quantitative estimate of drug-likeness (QED) is 0.379. The summed E-state index contributed by atoms with van der Waals surface area (Å²) in [6.07, 6.45) is -2.88. The van der Waals surface area contributed by atoms with Crippen molar-refractivity contribution >= 4 is 11.6 Å². The van der Waals surface area contributed by atoms with Crippen molar-refractivity contribution in [1.82, 2.24) is 0 Å². The van der Waals surface area contributed by atoms with Gasteiger partial charge in [0.15, 0.2) is 0 Å². The van der Waals surface area contributed by atoms with Gasteiger partial charge in [0.25, 0.3) is 0 Å². The van der Waals surface area contributed by atoms with Crippen LogP contribution in [0.3, 0.4) is 0 Å². The molecule has 0 unspecified atom stereocenters. The fraction of sp³-hybridized carbons (Fsp3) is 0.435. The number of rotatable bonds is 5. The molecule has 0 amide bonds. The molecule has 0 radical (unpaired) electrons. The van der Waals surface area contributed by atoms with E-state index in [1.807, 2.05) is 43.7 Å². The Bertz CT molecular complexity index is 904. The average Bonchev–Trinajstić information content (AvgIpc) is 3.26. The summed E-state index contributed by atoms with van der Waals surface area (Å²) in [6.45, 7) is 1.97. The molecule has 31 heavy (non-hydrogen) atoms. The molecular weight excluding hydrogens is 464 g/mol. The van der Waals surface area contributed by atoms with Crippen molar-refractivity contribution in [2.45, 2.75) is 50.3 Å². The molecule has 2 heterocycles. The van der Waals surface area contributed by atoms with E-state index in [-0.39, 0.29) is 17.1 Å². The smallest absolute Gasteiger partial charge is 0.141 e. The minimum absolute atomic E-state index is 0. The van der Waals surface area contributed by atoms with Gasteiger partial charge in [-0.25, -0.2) is 0 Å². The van der Waals surface area contributed by atoms with Crippen molar-refractivity contribution in [3.63, 3.8) is 0 Å². The maximum absolute atomic E-state index is 10.6. The van der Waals surface area contributed by atoms with Gasteiger partial charge in [0, 0.05) is 29.1 Å². The normalized spacial score (nSPS) is 27.2. The first-order valence-corrected chi connectivity index (χ1v) is 10.5. The summed E-state index contributed by atoms with van der Waals surface area (Å²) in [5.74, 6) is 0.569. The molecule has 0 saturated carbocycles. The second-order valence-corrected chi connectivity index (χ2v) is 8.18. The summed E-state index contributed by atoms with van der Waals surface area (Å²) < 4.78 is 11.6. The molecule has 0 aliphatic carbocycles. The zero-order valence-corrected chi connectivity index (χ0v) is 18.9. The summed E-state index contributed by atoms with van der Waals surface area (Å²) in [5, 5.41) is 41.0. The molecule has 6 nitrogen and oxygen atoms in total. The average molecular weight is 490 g/mol. The summed E-state index contributed by atoms with van der Waals surface area (Å²) in [6, 6.07) is 10.0. The zero-order chi connectivity index (χ0) is 21.4. The molecule has 4 rings (SSSR count). The van der Waals surface area contributed by atoms with Crippen LogP contribution in [-0.2, 0) is 34.6 Å². The van der Waals surface area contributed by atoms with Crippen molar-refractivity contribution in [1.29, 1.82) is 0 Å². The van der Waals surface area contributed by atoms with E-state index in [9.17, 15) is 20.4 Å². The Morgan fingerprint density at radius 3 is 2.45 bits per heavy atom. The fourth-order valence-electron chi connectivity index (χ4n) is 4.20. The number of hydrogen-bond donors (Lipinski definition) is 4. The van der Waals surface area contributed by atoms with Crippen LogP contribution in [0.2, 0.25) is 5.02 Å². The molecule has 0 bridgehead atoms. The van der Waals surface area contributed by atoms with E-state index in [1.165, 1.54) is 0 Å². The first-order chi connectivity index (χ1) is 14.4. The van der Waals surface area contributed by atoms with E-state index >= 15 is 0 Å². The molecule has 0 spiro atoms. The number of benzene rings is 2. The maximum atomic E-state index is 10.6. The summed E-state index contributed by atoms with van der Waals surface area (Å²) in [7, 11) is 0. The molecule has 2 aromatic carbocycles. The Balaban J connectivity index is 0.00000272. The molecule has 5 atom stereocenters. The van der Waals surface area contributed by atoms with Crippen LogP contribution in [0, 0.1) is 6.42 Å². The molecule has 2 aromatic rings. The molecule has 8 heteroatoms. The van der Waals surface area contributed by atoms with Gasteiger partial charge in [-0.2, -0.15) is 24.1 Å². The monoisotopic (exact) mass is 489 g/mol. The van der Waals surface area contributed by atoms with Gasteiger partial charge in [-0.3, -0.25) is 0 Å². The van der Waals surface area contributed by atoms with E-state index in [0.717, 1.165) is 22.3 Å². The van der Waals surface area contributed by atoms with Gasteiger partial charge in [-0.15, -0.1) is 12.1 Å². The van der Waals surface area contributed by atoms with Crippen molar-refractivity contribution in [2.75, 3.05) is 13.2 Å². The van der Waals surface area contributed by atoms with Gasteiger partial charge in [0.2, 0.25) is 0 Å². The third-order valence-corrected chi connectivity index (χ3v) is 6.35. The Morgan fingerprint density at radius 2 is 1.81 bits per heavy atom. The number of fused-ring (bicyclic) bond motifs is 1. The zero-order valence-electron chi connectivity index (χ0n) is 17.0. The van der Waals surface area contributed by atoms with Crippen LogP contribution in [-0.4, -0.2) is 58.1 Å². The van der Waals surface area contributed by atoms with Crippen LogP contribution in [0.1, 0.15) is 40.8 Å². The molecule has 0 aromatic heterocycles. The SMILES string of the molecule is C[CH-]c1ccc(Cc2cc([C@@H]3O[C@H](CO)[C@@H](O)[C@H](O)[C@H]3O)c3c(c2Cl)OCC3)cc1.[Fe]. The van der Waals surface area contributed by atoms with Crippen LogP contribution in [0.5, 0.6) is 5.75 Å². The molecule has 2 aliphatic heterocycles. The Hall–Kier alpha value is -1.28. The van der Waals surface area contributed by atoms with E-state index in [2.05, 4.69) is 0 Å². The minimum Gasteiger partial charge on any atom is -0.491 e. The van der Waals surface area contributed by atoms with Gasteiger partial charge in [0.1, 0.15) is 36.3 Å². The van der Waals surface area contributed by atoms with Gasteiger partial charge in [0.05, 0.1) is 18.2 Å². The number of ether oxygens (including phenoxy) is 2. The Kier molecular flexibility index (Phi) is 7.95. The van der Waals surface area contributed by atoms with Crippen molar-refractivity contribution < 1.29 is 47.0 Å². The molecule has 1 saturated heterocycles. The van der Waals surface area contributed by atoms with E-state index < -0.39 is 37.1 Å². The maximum Gasteiger partial charge on any atom is 0.141 e. The third kappa shape index (κ3) is 4.61. The van der Waals surface area contributed by atoms with Crippen LogP contribution < -0.4 is 4.74 Å². The van der Waals surface area contributed by atoms with Gasteiger partial charge >= 0.3 is 0 Å². The van der Waals surface area contributed by atoms with Crippen LogP contribution in [0.15, 0.2) is 30.3 Å². The van der Waals surface area contributed by atoms with Crippen molar-refractivity contribution in [3.8, 4) is 5.75 Å². The molecule has 4 N–H and O–H groups in total. The van der Waals surface area contributed by atoms with Crippen LogP contribution in [0.25, 0.3) is 0 Å². The number of hydrogen-bond acceptors (Lipinski definition) is 6. The molecule has 170 valence electrons. The van der Waals surface area contributed by atoms with Gasteiger partial charge in [-0.05, 0) is 17.5 Å². The van der Waals surface area contributed by atoms with Crippen LogP contribution >= 0.6 is 11.6 Å². The molecule has 2 aliphatic rings. The second kappa shape index (κ2) is 10.1. The Morgan fingerprint density at radius 1 is 1.10 bits per heavy atom. The minimum atomic E-state index is -1.43. The predicted octanol–water partition coefficient (Wildman–Crippen LogP) is 1.95. The van der Waals surface area contributed by atoms with Crippen molar-refractivity contribution in [2.24, 2.45) is 0 Å². The van der Waals surface area contributed by atoms with Crippen LogP contribution in [0.4, 0.5) is 0 Å². The largest absolute Gasteiger partial charge is 0.491 e. The van der Waals surface area contributed by atoms with Gasteiger partial charge in [-0.1, -0.05) is 30.2 Å². The standard InChI is InChI=1S/C23H26ClO6.Fe/c1-2-12-3-5-13(6-4-12)9-14-10-16(15-7-8-29-22(15)18(14)24)23-21(28)20(27)19(26)17(11-25)30-23;/h2-6,10,17,19-21,23,25-28H,7-9,11H2,1H3;/q-1;/t17-,19-,20+,21-,23+;/m1./s1. The molecule has 1 fully saturated rings. The van der Waals surface area contributed by atoms with Gasteiger partial charge < -0.3 is 29.9 Å². The summed E-state index contributed by atoms with van der Waals surface area (Å²) in [5.41, 5.74) is 4.50. The number of aliphatic hydroxyl groups is 4. The number of aliphatic hydroxyl groups excluding tert-OH is 4. The topological polar surface area (TPSA) is 99.4 Å². The first-order valence-electron chi connectivity index (χ1n) is 10.1. The summed E-state index contributed by atoms with van der Waals surface area (Å²) in [4.78, 5) is 0. The predicted molar refractivity (Wildman–Crippen MR) is 112 cm³/mol. The second-order valence-electron chi connectivity index (χ2n) is 7.80. The molecular formula is C23H26ClFeO6-. The van der Waals surface area contributed by atoms with Crippen molar-refractivity contribution in [3.05, 3.63) is 69.6 Å². The van der Waals surface area contributed by atoms with E-state index in [0.29, 0.717) is 35.8 Å². The Labute approximate surface area is 197 Å². The van der Waals surface area contributed by atoms with E-state index in [1.54, 1.807) is 0 Å². The first kappa shape index (κ1) is 24.4. The number of halogens is 1. The fourth-order valence-corrected chi connectivity index (χ4v) is 4.49.